The molecule has 2 aromatic rings. The second kappa shape index (κ2) is 3.39. The number of benzene rings is 1. The van der Waals surface area contributed by atoms with Gasteiger partial charge in [-0.15, -0.1) is 11.3 Å². The topological polar surface area (TPSA) is 0 Å². The van der Waals surface area contributed by atoms with Gasteiger partial charge in [0.15, 0.2) is 0 Å². The number of allylic oxidation sites excluding steroid dienone is 1. The van der Waals surface area contributed by atoms with E-state index < -0.39 is 0 Å². The summed E-state index contributed by atoms with van der Waals surface area (Å²) in [6, 6.07) is 3.67. The monoisotopic (exact) mass is 236 g/mol. The summed E-state index contributed by atoms with van der Waals surface area (Å²) in [5.41, 5.74) is 1.59. The Bertz CT molecular complexity index is 608. The fourth-order valence-corrected chi connectivity index (χ4v) is 3.43. The molecule has 0 atom stereocenters. The van der Waals surface area contributed by atoms with Crippen molar-refractivity contribution in [3.05, 3.63) is 40.0 Å². The molecule has 0 saturated heterocycles. The fourth-order valence-electron chi connectivity index (χ4n) is 2.15. The highest BCUT2D eigenvalue weighted by atomic mass is 32.1. The second-order valence-electron chi connectivity index (χ2n) is 4.07. The van der Waals surface area contributed by atoms with Crippen molar-refractivity contribution in [2.24, 2.45) is 0 Å². The van der Waals surface area contributed by atoms with Crippen LogP contribution in [0.3, 0.4) is 0 Å². The summed E-state index contributed by atoms with van der Waals surface area (Å²) in [5, 5.41) is 0.881. The number of halogens is 2. The van der Waals surface area contributed by atoms with E-state index in [0.29, 0.717) is 21.6 Å². The number of aryl methyl sites for hydroxylation is 2. The summed E-state index contributed by atoms with van der Waals surface area (Å²) in [4.78, 5) is 0.616. The van der Waals surface area contributed by atoms with E-state index >= 15 is 0 Å². The van der Waals surface area contributed by atoms with Gasteiger partial charge in [-0.25, -0.2) is 8.78 Å². The van der Waals surface area contributed by atoms with E-state index in [1.165, 1.54) is 11.3 Å². The summed E-state index contributed by atoms with van der Waals surface area (Å²) in [7, 11) is 0. The van der Waals surface area contributed by atoms with Gasteiger partial charge in [-0.1, -0.05) is 12.1 Å². The Morgan fingerprint density at radius 2 is 2.06 bits per heavy atom. The minimum atomic E-state index is -0.204. The van der Waals surface area contributed by atoms with Crippen LogP contribution in [-0.2, 0) is 6.42 Å². The summed E-state index contributed by atoms with van der Waals surface area (Å²) in [6.45, 7) is 1.74. The average molecular weight is 236 g/mol. The van der Waals surface area contributed by atoms with Crippen LogP contribution in [0.4, 0.5) is 8.78 Å². The van der Waals surface area contributed by atoms with Crippen LogP contribution in [0.15, 0.2) is 18.2 Å². The molecule has 1 aliphatic rings. The third-order valence-corrected chi connectivity index (χ3v) is 4.28. The molecule has 0 amide bonds. The molecule has 0 radical (unpaired) electrons. The van der Waals surface area contributed by atoms with Crippen LogP contribution < -0.4 is 0 Å². The minimum Gasteiger partial charge on any atom is -0.206 e. The maximum Gasteiger partial charge on any atom is 0.143 e. The molecule has 0 N–H and O–H groups in total. The zero-order chi connectivity index (χ0) is 11.3. The van der Waals surface area contributed by atoms with E-state index in [9.17, 15) is 8.78 Å². The van der Waals surface area contributed by atoms with Crippen LogP contribution in [0.5, 0.6) is 0 Å². The number of hydrogen-bond donors (Lipinski definition) is 0. The van der Waals surface area contributed by atoms with Crippen molar-refractivity contribution in [3.63, 3.8) is 0 Å². The van der Waals surface area contributed by atoms with Crippen molar-refractivity contribution in [1.82, 2.24) is 0 Å². The molecule has 0 aliphatic heterocycles. The molecule has 0 nitrogen and oxygen atoms in total. The molecule has 1 aliphatic carbocycles. The number of hydrogen-bond acceptors (Lipinski definition) is 1. The van der Waals surface area contributed by atoms with E-state index in [4.69, 9.17) is 0 Å². The standard InChI is InChI=1S/C13H10F2S/c1-7-5-6-9-8-3-2-4-10(14)12(8)16-13(9)11(7)15/h4-6H,2-3H2,1H3. The Hall–Kier alpha value is -1.22. The molecule has 16 heavy (non-hydrogen) atoms. The number of thiophene rings is 1. The first kappa shape index (κ1) is 9.97. The van der Waals surface area contributed by atoms with Gasteiger partial charge in [0.05, 0.1) is 9.58 Å². The van der Waals surface area contributed by atoms with Crippen LogP contribution >= 0.6 is 11.3 Å². The lowest BCUT2D eigenvalue weighted by molar-refractivity contribution is 0.632. The Labute approximate surface area is 96.2 Å². The fraction of sp³-hybridized carbons (Fsp3) is 0.231. The molecule has 1 aromatic heterocycles. The van der Waals surface area contributed by atoms with Gasteiger partial charge < -0.3 is 0 Å². The SMILES string of the molecule is Cc1ccc2c3c(sc2c1F)C(F)=CCC3. The van der Waals surface area contributed by atoms with Gasteiger partial charge >= 0.3 is 0 Å². The maximum atomic E-state index is 13.9. The van der Waals surface area contributed by atoms with E-state index in [0.717, 1.165) is 17.4 Å². The molecular formula is C13H10F2S. The van der Waals surface area contributed by atoms with Crippen molar-refractivity contribution in [2.75, 3.05) is 0 Å². The molecule has 3 heteroatoms. The van der Waals surface area contributed by atoms with Crippen molar-refractivity contribution in [1.29, 1.82) is 0 Å². The second-order valence-corrected chi connectivity index (χ2v) is 5.09. The molecule has 0 saturated carbocycles. The van der Waals surface area contributed by atoms with Gasteiger partial charge in [0, 0.05) is 0 Å². The summed E-state index contributed by atoms with van der Waals surface area (Å²) >= 11 is 1.23. The smallest absolute Gasteiger partial charge is 0.143 e. The zero-order valence-electron chi connectivity index (χ0n) is 8.81. The van der Waals surface area contributed by atoms with E-state index in [1.807, 2.05) is 6.07 Å². The summed E-state index contributed by atoms with van der Waals surface area (Å²) in [5.74, 6) is -0.399. The highest BCUT2D eigenvalue weighted by Gasteiger charge is 2.20. The molecule has 3 rings (SSSR count). The quantitative estimate of drug-likeness (QED) is 0.626. The highest BCUT2D eigenvalue weighted by Crippen LogP contribution is 2.41. The van der Waals surface area contributed by atoms with Crippen LogP contribution in [0, 0.1) is 12.7 Å². The van der Waals surface area contributed by atoms with E-state index in [1.54, 1.807) is 19.1 Å². The Morgan fingerprint density at radius 3 is 2.88 bits per heavy atom. The molecule has 82 valence electrons. The van der Waals surface area contributed by atoms with Crippen molar-refractivity contribution >= 4 is 27.2 Å². The molecule has 1 aromatic carbocycles. The van der Waals surface area contributed by atoms with Gasteiger partial charge in [0.2, 0.25) is 0 Å². The van der Waals surface area contributed by atoms with Crippen molar-refractivity contribution < 1.29 is 8.78 Å². The molecular weight excluding hydrogens is 226 g/mol. The third kappa shape index (κ3) is 1.24. The van der Waals surface area contributed by atoms with Gasteiger partial charge in [-0.05, 0) is 42.4 Å². The Morgan fingerprint density at radius 1 is 1.25 bits per heavy atom. The minimum absolute atomic E-state index is 0.195. The molecule has 1 heterocycles. The normalized spacial score (nSPS) is 15.1. The largest absolute Gasteiger partial charge is 0.206 e. The van der Waals surface area contributed by atoms with Crippen LogP contribution in [0.25, 0.3) is 15.9 Å². The number of fused-ring (bicyclic) bond motifs is 3. The lowest BCUT2D eigenvalue weighted by atomic mass is 10.00. The predicted octanol–water partition coefficient (Wildman–Crippen LogP) is 4.61. The molecule has 0 spiro atoms. The van der Waals surface area contributed by atoms with Crippen molar-refractivity contribution in [2.45, 2.75) is 19.8 Å². The first-order valence-electron chi connectivity index (χ1n) is 5.25. The number of rotatable bonds is 0. The summed E-state index contributed by atoms with van der Waals surface area (Å²) in [6.07, 6.45) is 3.11. The van der Waals surface area contributed by atoms with E-state index in [-0.39, 0.29) is 11.6 Å². The average Bonchev–Trinajstić information content (AvgIpc) is 2.65. The van der Waals surface area contributed by atoms with Crippen LogP contribution in [0.1, 0.15) is 22.4 Å². The molecule has 0 unspecified atom stereocenters. The van der Waals surface area contributed by atoms with Gasteiger partial charge in [0.25, 0.3) is 0 Å². The molecule has 0 bridgehead atoms. The predicted molar refractivity (Wildman–Crippen MR) is 63.9 cm³/mol. The lowest BCUT2D eigenvalue weighted by Crippen LogP contribution is -1.92. The van der Waals surface area contributed by atoms with Gasteiger partial charge in [-0.2, -0.15) is 0 Å². The molecule has 0 fully saturated rings. The lowest BCUT2D eigenvalue weighted by Gasteiger charge is -2.06. The summed E-state index contributed by atoms with van der Waals surface area (Å²) < 4.78 is 28.1. The maximum absolute atomic E-state index is 13.9. The first-order chi connectivity index (χ1) is 7.68. The Balaban J connectivity index is 2.41. The first-order valence-corrected chi connectivity index (χ1v) is 6.06. The van der Waals surface area contributed by atoms with Crippen LogP contribution in [-0.4, -0.2) is 0 Å². The van der Waals surface area contributed by atoms with E-state index in [2.05, 4.69) is 0 Å². The van der Waals surface area contributed by atoms with Crippen molar-refractivity contribution in [3.8, 4) is 0 Å². The van der Waals surface area contributed by atoms with Crippen LogP contribution in [0.2, 0.25) is 0 Å². The van der Waals surface area contributed by atoms with Gasteiger partial charge in [-0.3, -0.25) is 0 Å². The van der Waals surface area contributed by atoms with Gasteiger partial charge in [0.1, 0.15) is 11.6 Å². The zero-order valence-corrected chi connectivity index (χ0v) is 9.63. The third-order valence-electron chi connectivity index (χ3n) is 3.03. The Kier molecular flexibility index (Phi) is 2.11. The highest BCUT2D eigenvalue weighted by molar-refractivity contribution is 7.20.